The molecule has 1 aliphatic heterocycles. The zero-order valence-electron chi connectivity index (χ0n) is 12.2. The van der Waals surface area contributed by atoms with Crippen molar-refractivity contribution in [3.63, 3.8) is 0 Å². The average Bonchev–Trinajstić information content (AvgIpc) is 2.87. The molecule has 1 aliphatic rings. The van der Waals surface area contributed by atoms with Crippen LogP contribution in [0.1, 0.15) is 32.3 Å². The van der Waals surface area contributed by atoms with E-state index >= 15 is 0 Å². The summed E-state index contributed by atoms with van der Waals surface area (Å²) < 4.78 is 11.3. The van der Waals surface area contributed by atoms with E-state index in [9.17, 15) is 0 Å². The normalized spacial score (nSPS) is 24.4. The molecule has 1 saturated heterocycles. The molecule has 0 amide bonds. The molecule has 106 valence electrons. The fourth-order valence-corrected chi connectivity index (χ4v) is 2.86. The lowest BCUT2D eigenvalue weighted by atomic mass is 9.88. The zero-order valence-corrected chi connectivity index (χ0v) is 12.2. The molecule has 3 nitrogen and oxygen atoms in total. The SMILES string of the molecule is CCNC(Cc1cccc(OC)c1)C1(C)CCCO1. The highest BCUT2D eigenvalue weighted by Gasteiger charge is 2.37. The number of rotatable bonds is 6. The van der Waals surface area contributed by atoms with Gasteiger partial charge in [0.25, 0.3) is 0 Å². The quantitative estimate of drug-likeness (QED) is 0.856. The minimum atomic E-state index is -0.0426. The Labute approximate surface area is 116 Å². The molecule has 0 aromatic heterocycles. The Hall–Kier alpha value is -1.06. The van der Waals surface area contributed by atoms with Crippen molar-refractivity contribution in [3.05, 3.63) is 29.8 Å². The van der Waals surface area contributed by atoms with Crippen LogP contribution in [0.25, 0.3) is 0 Å². The summed E-state index contributed by atoms with van der Waals surface area (Å²) in [5, 5.41) is 3.59. The van der Waals surface area contributed by atoms with E-state index in [1.807, 2.05) is 6.07 Å². The molecule has 0 bridgehead atoms. The molecule has 1 N–H and O–H groups in total. The topological polar surface area (TPSA) is 30.5 Å². The molecule has 2 unspecified atom stereocenters. The minimum absolute atomic E-state index is 0.0426. The Morgan fingerprint density at radius 1 is 1.47 bits per heavy atom. The van der Waals surface area contributed by atoms with Crippen LogP contribution in [0.2, 0.25) is 0 Å². The second-order valence-corrected chi connectivity index (χ2v) is 5.43. The van der Waals surface area contributed by atoms with Crippen LogP contribution in [0, 0.1) is 0 Å². The van der Waals surface area contributed by atoms with Gasteiger partial charge in [-0.1, -0.05) is 19.1 Å². The van der Waals surface area contributed by atoms with Gasteiger partial charge in [0.2, 0.25) is 0 Å². The van der Waals surface area contributed by atoms with Gasteiger partial charge in [0.1, 0.15) is 5.75 Å². The van der Waals surface area contributed by atoms with E-state index in [0.717, 1.165) is 38.2 Å². The Balaban J connectivity index is 2.11. The van der Waals surface area contributed by atoms with Crippen molar-refractivity contribution >= 4 is 0 Å². The van der Waals surface area contributed by atoms with Crippen LogP contribution in [0.3, 0.4) is 0 Å². The molecule has 2 atom stereocenters. The van der Waals surface area contributed by atoms with Crippen molar-refractivity contribution in [1.29, 1.82) is 0 Å². The number of nitrogens with one attached hydrogen (secondary N) is 1. The van der Waals surface area contributed by atoms with Gasteiger partial charge in [-0.2, -0.15) is 0 Å². The highest BCUT2D eigenvalue weighted by atomic mass is 16.5. The molecular weight excluding hydrogens is 238 g/mol. The number of benzene rings is 1. The van der Waals surface area contributed by atoms with Crippen molar-refractivity contribution in [1.82, 2.24) is 5.32 Å². The van der Waals surface area contributed by atoms with Crippen molar-refractivity contribution in [3.8, 4) is 5.75 Å². The molecular formula is C16H25NO2. The third-order valence-corrected chi connectivity index (χ3v) is 4.01. The molecule has 0 saturated carbocycles. The standard InChI is InChI=1S/C16H25NO2/c1-4-17-15(16(2)9-6-10-19-16)12-13-7-5-8-14(11-13)18-3/h5,7-8,11,15,17H,4,6,9-10,12H2,1-3H3. The maximum absolute atomic E-state index is 5.99. The molecule has 1 heterocycles. The summed E-state index contributed by atoms with van der Waals surface area (Å²) in [5.41, 5.74) is 1.25. The van der Waals surface area contributed by atoms with Crippen LogP contribution < -0.4 is 10.1 Å². The van der Waals surface area contributed by atoms with Gasteiger partial charge < -0.3 is 14.8 Å². The third kappa shape index (κ3) is 3.48. The molecule has 1 aromatic carbocycles. The molecule has 19 heavy (non-hydrogen) atoms. The lowest BCUT2D eigenvalue weighted by molar-refractivity contribution is -0.0110. The van der Waals surface area contributed by atoms with Gasteiger partial charge in [0.15, 0.2) is 0 Å². The van der Waals surface area contributed by atoms with Gasteiger partial charge in [-0.25, -0.2) is 0 Å². The lowest BCUT2D eigenvalue weighted by Crippen LogP contribution is -2.49. The zero-order chi connectivity index (χ0) is 13.7. The Morgan fingerprint density at radius 2 is 2.32 bits per heavy atom. The fraction of sp³-hybridized carbons (Fsp3) is 0.625. The summed E-state index contributed by atoms with van der Waals surface area (Å²) in [6.07, 6.45) is 3.27. The first-order valence-electron chi connectivity index (χ1n) is 7.18. The summed E-state index contributed by atoms with van der Waals surface area (Å²) in [7, 11) is 1.71. The monoisotopic (exact) mass is 263 g/mol. The summed E-state index contributed by atoms with van der Waals surface area (Å²) in [5.74, 6) is 0.922. The first kappa shape index (κ1) is 14.4. The van der Waals surface area contributed by atoms with Crippen molar-refractivity contribution < 1.29 is 9.47 Å². The van der Waals surface area contributed by atoms with Crippen molar-refractivity contribution in [2.45, 2.75) is 44.8 Å². The summed E-state index contributed by atoms with van der Waals surface area (Å²) in [4.78, 5) is 0. The van der Waals surface area contributed by atoms with Crippen LogP contribution in [-0.4, -0.2) is 31.9 Å². The van der Waals surface area contributed by atoms with E-state index in [2.05, 4.69) is 37.4 Å². The Bertz CT molecular complexity index is 399. The van der Waals surface area contributed by atoms with E-state index in [1.54, 1.807) is 7.11 Å². The van der Waals surface area contributed by atoms with Crippen molar-refractivity contribution in [2.24, 2.45) is 0 Å². The Kier molecular flexibility index (Phi) is 4.83. The van der Waals surface area contributed by atoms with Gasteiger partial charge in [-0.15, -0.1) is 0 Å². The second-order valence-electron chi connectivity index (χ2n) is 5.43. The van der Waals surface area contributed by atoms with E-state index in [0.29, 0.717) is 6.04 Å². The number of ether oxygens (including phenoxy) is 2. The molecule has 0 aliphatic carbocycles. The maximum Gasteiger partial charge on any atom is 0.119 e. The van der Waals surface area contributed by atoms with Crippen LogP contribution in [0.5, 0.6) is 5.75 Å². The predicted octanol–water partition coefficient (Wildman–Crippen LogP) is 2.78. The number of likely N-dealkylation sites (N-methyl/N-ethyl adjacent to an activating group) is 1. The van der Waals surface area contributed by atoms with Crippen LogP contribution in [0.4, 0.5) is 0 Å². The van der Waals surface area contributed by atoms with Gasteiger partial charge in [-0.3, -0.25) is 0 Å². The fourth-order valence-electron chi connectivity index (χ4n) is 2.86. The van der Waals surface area contributed by atoms with E-state index < -0.39 is 0 Å². The average molecular weight is 263 g/mol. The number of methoxy groups -OCH3 is 1. The van der Waals surface area contributed by atoms with Crippen LogP contribution in [-0.2, 0) is 11.2 Å². The number of hydrogen-bond donors (Lipinski definition) is 1. The first-order chi connectivity index (χ1) is 9.18. The molecule has 1 aromatic rings. The summed E-state index contributed by atoms with van der Waals surface area (Å²) >= 11 is 0. The molecule has 0 radical (unpaired) electrons. The first-order valence-corrected chi connectivity index (χ1v) is 7.18. The number of hydrogen-bond acceptors (Lipinski definition) is 3. The lowest BCUT2D eigenvalue weighted by Gasteiger charge is -2.34. The smallest absolute Gasteiger partial charge is 0.119 e. The molecule has 0 spiro atoms. The third-order valence-electron chi connectivity index (χ3n) is 4.01. The molecule has 2 rings (SSSR count). The van der Waals surface area contributed by atoms with Gasteiger partial charge in [0.05, 0.1) is 12.7 Å². The van der Waals surface area contributed by atoms with Gasteiger partial charge >= 0.3 is 0 Å². The van der Waals surface area contributed by atoms with E-state index in [-0.39, 0.29) is 5.60 Å². The minimum Gasteiger partial charge on any atom is -0.497 e. The highest BCUT2D eigenvalue weighted by Crippen LogP contribution is 2.30. The van der Waals surface area contributed by atoms with Crippen LogP contribution in [0.15, 0.2) is 24.3 Å². The largest absolute Gasteiger partial charge is 0.497 e. The van der Waals surface area contributed by atoms with Crippen LogP contribution >= 0.6 is 0 Å². The summed E-state index contributed by atoms with van der Waals surface area (Å²) in [6, 6.07) is 8.66. The van der Waals surface area contributed by atoms with E-state index in [1.165, 1.54) is 5.56 Å². The van der Waals surface area contributed by atoms with Crippen molar-refractivity contribution in [2.75, 3.05) is 20.3 Å². The highest BCUT2D eigenvalue weighted by molar-refractivity contribution is 5.29. The predicted molar refractivity (Wildman–Crippen MR) is 77.8 cm³/mol. The Morgan fingerprint density at radius 3 is 2.95 bits per heavy atom. The second kappa shape index (κ2) is 6.40. The van der Waals surface area contributed by atoms with E-state index in [4.69, 9.17) is 9.47 Å². The molecule has 3 heteroatoms. The van der Waals surface area contributed by atoms with Gasteiger partial charge in [-0.05, 0) is 50.4 Å². The van der Waals surface area contributed by atoms with Gasteiger partial charge in [0, 0.05) is 12.6 Å². The summed E-state index contributed by atoms with van der Waals surface area (Å²) in [6.45, 7) is 6.23. The maximum atomic E-state index is 5.99. The molecule has 1 fully saturated rings.